The lowest BCUT2D eigenvalue weighted by Crippen LogP contribution is -2.27. The fourth-order valence-electron chi connectivity index (χ4n) is 1.34. The number of rotatable bonds is 2. The van der Waals surface area contributed by atoms with E-state index in [2.05, 4.69) is 22.6 Å². The molecule has 15 heavy (non-hydrogen) atoms. The smallest absolute Gasteiger partial charge is 0.207 e. The second kappa shape index (κ2) is 4.60. The minimum Gasteiger partial charge on any atom is -0.207 e. The Hall–Kier alpha value is 0.210. The van der Waals surface area contributed by atoms with Crippen molar-refractivity contribution in [1.29, 1.82) is 0 Å². The van der Waals surface area contributed by atoms with Crippen LogP contribution in [-0.2, 0) is 10.0 Å². The van der Waals surface area contributed by atoms with E-state index in [1.165, 1.54) is 4.31 Å². The number of halogens is 1. The number of benzene rings is 1. The molecule has 0 atom stereocenters. The van der Waals surface area contributed by atoms with E-state index < -0.39 is 10.0 Å². The van der Waals surface area contributed by atoms with Gasteiger partial charge in [0.2, 0.25) is 10.0 Å². The first-order valence-electron chi connectivity index (χ1n) is 4.44. The molecule has 1 aliphatic heterocycles. The van der Waals surface area contributed by atoms with E-state index in [0.29, 0.717) is 17.3 Å². The first-order valence-corrected chi connectivity index (χ1v) is 8.11. The highest BCUT2D eigenvalue weighted by molar-refractivity contribution is 14.1. The maximum atomic E-state index is 12.1. The van der Waals surface area contributed by atoms with Gasteiger partial charge >= 0.3 is 0 Å². The molecule has 0 amide bonds. The Balaban J connectivity index is 2.32. The van der Waals surface area contributed by atoms with Crippen LogP contribution >= 0.6 is 34.4 Å². The maximum Gasteiger partial charge on any atom is 0.243 e. The van der Waals surface area contributed by atoms with Crippen LogP contribution in [0.2, 0.25) is 0 Å². The van der Waals surface area contributed by atoms with Gasteiger partial charge in [-0.05, 0) is 46.9 Å². The van der Waals surface area contributed by atoms with Gasteiger partial charge in [-0.15, -0.1) is 11.8 Å². The first-order chi connectivity index (χ1) is 7.10. The molecule has 82 valence electrons. The zero-order chi connectivity index (χ0) is 10.9. The molecule has 0 N–H and O–H groups in total. The molecule has 6 heteroatoms. The molecule has 3 nitrogen and oxygen atoms in total. The number of thioether (sulfide) groups is 1. The number of hydrogen-bond acceptors (Lipinski definition) is 3. The molecule has 1 saturated heterocycles. The zero-order valence-electron chi connectivity index (χ0n) is 7.89. The molecule has 0 aliphatic carbocycles. The van der Waals surface area contributed by atoms with Gasteiger partial charge in [0.1, 0.15) is 0 Å². The van der Waals surface area contributed by atoms with Gasteiger partial charge < -0.3 is 0 Å². The van der Waals surface area contributed by atoms with E-state index in [1.54, 1.807) is 23.9 Å². The van der Waals surface area contributed by atoms with E-state index in [4.69, 9.17) is 0 Å². The summed E-state index contributed by atoms with van der Waals surface area (Å²) in [6.45, 7) is 0.624. The second-order valence-corrected chi connectivity index (χ2v) is 7.43. The quantitative estimate of drug-likeness (QED) is 0.762. The average molecular weight is 355 g/mol. The van der Waals surface area contributed by atoms with Crippen molar-refractivity contribution >= 4 is 44.4 Å². The Morgan fingerprint density at radius 2 is 1.93 bits per heavy atom. The Labute approximate surface area is 107 Å². The Morgan fingerprint density at radius 3 is 2.47 bits per heavy atom. The number of sulfonamides is 1. The van der Waals surface area contributed by atoms with Crippen molar-refractivity contribution in [3.05, 3.63) is 27.8 Å². The van der Waals surface area contributed by atoms with Gasteiger partial charge in [-0.25, -0.2) is 8.42 Å². The molecule has 0 radical (unpaired) electrons. The van der Waals surface area contributed by atoms with Gasteiger partial charge in [-0.3, -0.25) is 0 Å². The van der Waals surface area contributed by atoms with Crippen LogP contribution in [0.5, 0.6) is 0 Å². The van der Waals surface area contributed by atoms with Crippen LogP contribution in [0.4, 0.5) is 0 Å². The van der Waals surface area contributed by atoms with Crippen molar-refractivity contribution in [2.24, 2.45) is 0 Å². The lowest BCUT2D eigenvalue weighted by molar-refractivity contribution is 0.489. The molecule has 0 bridgehead atoms. The first kappa shape index (κ1) is 11.7. The summed E-state index contributed by atoms with van der Waals surface area (Å²) in [5.74, 6) is 1.47. The monoisotopic (exact) mass is 355 g/mol. The largest absolute Gasteiger partial charge is 0.243 e. The SMILES string of the molecule is O=S(=O)(c1ccc(I)cc1)N1CCSC1. The van der Waals surface area contributed by atoms with Crippen LogP contribution in [0.1, 0.15) is 0 Å². The molecule has 0 unspecified atom stereocenters. The van der Waals surface area contributed by atoms with Crippen molar-refractivity contribution in [2.45, 2.75) is 4.90 Å². The van der Waals surface area contributed by atoms with E-state index in [-0.39, 0.29) is 0 Å². The molecule has 1 aromatic carbocycles. The fourth-order valence-corrected chi connectivity index (χ4v) is 4.52. The summed E-state index contributed by atoms with van der Waals surface area (Å²) in [6, 6.07) is 6.97. The average Bonchev–Trinajstić information content (AvgIpc) is 2.71. The third kappa shape index (κ3) is 2.48. The topological polar surface area (TPSA) is 37.4 Å². The third-order valence-corrected chi connectivity index (χ3v) is 5.88. The van der Waals surface area contributed by atoms with E-state index in [1.807, 2.05) is 12.1 Å². The minimum atomic E-state index is -3.25. The Kier molecular flexibility index (Phi) is 3.59. The summed E-state index contributed by atoms with van der Waals surface area (Å²) in [5, 5.41) is 0. The van der Waals surface area contributed by atoms with Crippen LogP contribution < -0.4 is 0 Å². The van der Waals surface area contributed by atoms with Gasteiger partial charge in [-0.2, -0.15) is 4.31 Å². The van der Waals surface area contributed by atoms with Gasteiger partial charge in [0.15, 0.2) is 0 Å². The van der Waals surface area contributed by atoms with Crippen LogP contribution in [0.3, 0.4) is 0 Å². The number of hydrogen-bond donors (Lipinski definition) is 0. The lowest BCUT2D eigenvalue weighted by atomic mass is 10.4. The van der Waals surface area contributed by atoms with Gasteiger partial charge in [0.05, 0.1) is 10.8 Å². The normalized spacial score (nSPS) is 18.2. The van der Waals surface area contributed by atoms with Crippen molar-refractivity contribution in [2.75, 3.05) is 18.2 Å². The van der Waals surface area contributed by atoms with Gasteiger partial charge in [0.25, 0.3) is 0 Å². The number of nitrogens with zero attached hydrogens (tertiary/aromatic N) is 1. The van der Waals surface area contributed by atoms with Crippen LogP contribution in [-0.4, -0.2) is 30.9 Å². The molecule has 1 fully saturated rings. The van der Waals surface area contributed by atoms with Gasteiger partial charge in [0, 0.05) is 15.9 Å². The van der Waals surface area contributed by atoms with Crippen molar-refractivity contribution < 1.29 is 8.42 Å². The summed E-state index contributed by atoms with van der Waals surface area (Å²) in [5.41, 5.74) is 0. The minimum absolute atomic E-state index is 0.394. The molecular formula is C9H10INO2S2. The van der Waals surface area contributed by atoms with Crippen molar-refractivity contribution in [1.82, 2.24) is 4.31 Å². The lowest BCUT2D eigenvalue weighted by Gasteiger charge is -2.14. The molecule has 0 saturated carbocycles. The highest BCUT2D eigenvalue weighted by Gasteiger charge is 2.27. The molecule has 1 aliphatic rings. The van der Waals surface area contributed by atoms with Crippen molar-refractivity contribution in [3.8, 4) is 0 Å². The Morgan fingerprint density at radius 1 is 1.27 bits per heavy atom. The highest BCUT2D eigenvalue weighted by atomic mass is 127. The van der Waals surface area contributed by atoms with Crippen LogP contribution in [0.25, 0.3) is 0 Å². The predicted octanol–water partition coefficient (Wildman–Crippen LogP) is 1.99. The maximum absolute atomic E-state index is 12.1. The van der Waals surface area contributed by atoms with Gasteiger partial charge in [-0.1, -0.05) is 0 Å². The van der Waals surface area contributed by atoms with Crippen LogP contribution in [0.15, 0.2) is 29.2 Å². The summed E-state index contributed by atoms with van der Waals surface area (Å²) in [4.78, 5) is 0.394. The summed E-state index contributed by atoms with van der Waals surface area (Å²) < 4.78 is 26.7. The van der Waals surface area contributed by atoms with E-state index in [0.717, 1.165) is 9.32 Å². The highest BCUT2D eigenvalue weighted by Crippen LogP contribution is 2.23. The molecular weight excluding hydrogens is 345 g/mol. The van der Waals surface area contributed by atoms with E-state index in [9.17, 15) is 8.42 Å². The molecule has 1 heterocycles. The Bertz CT molecular complexity index is 438. The molecule has 0 aromatic heterocycles. The summed E-state index contributed by atoms with van der Waals surface area (Å²) in [7, 11) is -3.25. The zero-order valence-corrected chi connectivity index (χ0v) is 11.7. The third-order valence-electron chi connectivity index (χ3n) is 2.17. The summed E-state index contributed by atoms with van der Waals surface area (Å²) in [6.07, 6.45) is 0. The second-order valence-electron chi connectivity index (χ2n) is 3.17. The van der Waals surface area contributed by atoms with Crippen LogP contribution in [0, 0.1) is 3.57 Å². The fraction of sp³-hybridized carbons (Fsp3) is 0.333. The molecule has 1 aromatic rings. The van der Waals surface area contributed by atoms with E-state index >= 15 is 0 Å². The molecule has 0 spiro atoms. The summed E-state index contributed by atoms with van der Waals surface area (Å²) >= 11 is 3.81. The standard InChI is InChI=1S/C9H10INO2S2/c10-8-1-3-9(4-2-8)15(12,13)11-5-6-14-7-11/h1-4H,5-7H2. The molecule has 2 rings (SSSR count). The van der Waals surface area contributed by atoms with Crippen molar-refractivity contribution in [3.63, 3.8) is 0 Å². The predicted molar refractivity (Wildman–Crippen MR) is 70.4 cm³/mol.